The number of hydrogen-bond donors (Lipinski definition) is 1. The minimum absolute atomic E-state index is 0.00569. The van der Waals surface area contributed by atoms with E-state index in [9.17, 15) is 25.0 Å². The van der Waals surface area contributed by atoms with Crippen molar-refractivity contribution in [2.45, 2.75) is 13.0 Å². The molecule has 0 aliphatic carbocycles. The maximum Gasteiger partial charge on any atom is 0.273 e. The lowest BCUT2D eigenvalue weighted by molar-refractivity contribution is -0.385. The van der Waals surface area contributed by atoms with Gasteiger partial charge in [0.05, 0.1) is 22.5 Å². The Hall–Kier alpha value is -5.12. The Kier molecular flexibility index (Phi) is 7.25. The lowest BCUT2D eigenvalue weighted by atomic mass is 10.0. The Bertz CT molecular complexity index is 1470. The molecule has 180 valence electrons. The highest BCUT2D eigenvalue weighted by Gasteiger charge is 2.15. The van der Waals surface area contributed by atoms with Gasteiger partial charge >= 0.3 is 0 Å². The number of nitrogens with zero attached hydrogens (tertiary/aromatic N) is 3. The minimum Gasteiger partial charge on any atom is -0.488 e. The van der Waals surface area contributed by atoms with Crippen LogP contribution in [0.3, 0.4) is 0 Å². The van der Waals surface area contributed by atoms with Crippen LogP contribution in [0.2, 0.25) is 0 Å². The summed E-state index contributed by atoms with van der Waals surface area (Å²) in [5.74, 6) is -0.00196. The van der Waals surface area contributed by atoms with E-state index in [2.05, 4.69) is 10.5 Å². The number of fused-ring (bicyclic) bond motifs is 1. The van der Waals surface area contributed by atoms with E-state index in [-0.39, 0.29) is 30.0 Å². The number of carbonyl (C=O) groups excluding carboxylic acids is 1. The molecule has 0 radical (unpaired) electrons. The van der Waals surface area contributed by atoms with Crippen molar-refractivity contribution in [1.29, 1.82) is 0 Å². The zero-order valence-electron chi connectivity index (χ0n) is 18.9. The molecule has 1 amide bonds. The van der Waals surface area contributed by atoms with Gasteiger partial charge in [-0.15, -0.1) is 0 Å². The fraction of sp³-hybridized carbons (Fsp3) is 0.0769. The fourth-order valence-corrected chi connectivity index (χ4v) is 3.63. The van der Waals surface area contributed by atoms with Crippen molar-refractivity contribution in [1.82, 2.24) is 5.43 Å². The van der Waals surface area contributed by atoms with Crippen LogP contribution in [0.15, 0.2) is 90.0 Å². The van der Waals surface area contributed by atoms with Crippen molar-refractivity contribution in [3.63, 3.8) is 0 Å². The number of nitrogens with one attached hydrogen (secondary N) is 1. The van der Waals surface area contributed by atoms with Gasteiger partial charge in [0, 0.05) is 29.3 Å². The highest BCUT2D eigenvalue weighted by molar-refractivity contribution is 6.02. The lowest BCUT2D eigenvalue weighted by Gasteiger charge is -2.12. The topological polar surface area (TPSA) is 137 Å². The highest BCUT2D eigenvalue weighted by Crippen LogP contribution is 2.27. The van der Waals surface area contributed by atoms with Gasteiger partial charge < -0.3 is 4.74 Å². The van der Waals surface area contributed by atoms with Gasteiger partial charge in [0.2, 0.25) is 5.91 Å². The van der Waals surface area contributed by atoms with Crippen LogP contribution in [-0.2, 0) is 17.8 Å². The van der Waals surface area contributed by atoms with Gasteiger partial charge in [-0.05, 0) is 34.5 Å². The third-order valence-electron chi connectivity index (χ3n) is 5.39. The number of carbonyl (C=O) groups is 1. The summed E-state index contributed by atoms with van der Waals surface area (Å²) >= 11 is 0. The third kappa shape index (κ3) is 5.68. The minimum atomic E-state index is -0.531. The van der Waals surface area contributed by atoms with E-state index in [0.29, 0.717) is 11.3 Å². The van der Waals surface area contributed by atoms with Crippen molar-refractivity contribution in [3.8, 4) is 5.75 Å². The number of hydrazone groups is 1. The molecule has 0 saturated carbocycles. The number of para-hydroxylation sites is 1. The molecule has 0 aliphatic heterocycles. The van der Waals surface area contributed by atoms with E-state index in [1.165, 1.54) is 36.5 Å². The SMILES string of the molecule is O=C(Cc1ccccc1[N+](=O)[O-])N/N=C/c1c(OCc2ccc([N+](=O)[O-])cc2)ccc2ccccc12. The number of hydrogen-bond acceptors (Lipinski definition) is 7. The summed E-state index contributed by atoms with van der Waals surface area (Å²) in [6, 6.07) is 23.4. The van der Waals surface area contributed by atoms with Crippen molar-refractivity contribution in [2.24, 2.45) is 5.10 Å². The molecule has 0 unspecified atom stereocenters. The maximum absolute atomic E-state index is 12.4. The number of ether oxygens (including phenoxy) is 1. The van der Waals surface area contributed by atoms with Gasteiger partial charge in [-0.1, -0.05) is 48.5 Å². The highest BCUT2D eigenvalue weighted by atomic mass is 16.6. The first-order valence-corrected chi connectivity index (χ1v) is 10.8. The molecule has 0 heterocycles. The number of nitro benzene ring substituents is 2. The molecular formula is C26H20N4O6. The Balaban J connectivity index is 1.52. The van der Waals surface area contributed by atoms with Gasteiger partial charge in [-0.2, -0.15) is 5.10 Å². The normalized spacial score (nSPS) is 10.9. The molecule has 4 aromatic rings. The molecule has 10 heteroatoms. The second kappa shape index (κ2) is 10.9. The summed E-state index contributed by atoms with van der Waals surface area (Å²) in [4.78, 5) is 33.4. The summed E-state index contributed by atoms with van der Waals surface area (Å²) in [5, 5.41) is 27.9. The predicted octanol–water partition coefficient (Wildman–Crippen LogP) is 4.93. The molecule has 0 spiro atoms. The first-order valence-electron chi connectivity index (χ1n) is 10.8. The summed E-state index contributed by atoms with van der Waals surface area (Å²) in [5.41, 5.74) is 3.93. The number of non-ortho nitro benzene ring substituents is 1. The van der Waals surface area contributed by atoms with Crippen molar-refractivity contribution in [2.75, 3.05) is 0 Å². The number of amides is 1. The zero-order chi connectivity index (χ0) is 25.5. The van der Waals surface area contributed by atoms with Crippen LogP contribution < -0.4 is 10.2 Å². The Morgan fingerprint density at radius 2 is 1.61 bits per heavy atom. The van der Waals surface area contributed by atoms with E-state index in [1.807, 2.05) is 30.3 Å². The van der Waals surface area contributed by atoms with Crippen LogP contribution in [0.4, 0.5) is 11.4 Å². The molecule has 0 saturated heterocycles. The van der Waals surface area contributed by atoms with E-state index < -0.39 is 15.8 Å². The predicted molar refractivity (Wildman–Crippen MR) is 134 cm³/mol. The van der Waals surface area contributed by atoms with Gasteiger partial charge in [0.1, 0.15) is 12.4 Å². The largest absolute Gasteiger partial charge is 0.488 e. The molecule has 4 aromatic carbocycles. The van der Waals surface area contributed by atoms with Crippen LogP contribution in [0.1, 0.15) is 16.7 Å². The van der Waals surface area contributed by atoms with Gasteiger partial charge in [0.15, 0.2) is 0 Å². The maximum atomic E-state index is 12.4. The van der Waals surface area contributed by atoms with E-state index in [1.54, 1.807) is 24.3 Å². The lowest BCUT2D eigenvalue weighted by Crippen LogP contribution is -2.20. The van der Waals surface area contributed by atoms with Gasteiger partial charge in [0.25, 0.3) is 11.4 Å². The van der Waals surface area contributed by atoms with Crippen LogP contribution in [-0.4, -0.2) is 22.0 Å². The smallest absolute Gasteiger partial charge is 0.273 e. The first kappa shape index (κ1) is 24.0. The molecule has 0 bridgehead atoms. The second-order valence-electron chi connectivity index (χ2n) is 7.77. The average molecular weight is 484 g/mol. The van der Waals surface area contributed by atoms with E-state index >= 15 is 0 Å². The zero-order valence-corrected chi connectivity index (χ0v) is 18.9. The van der Waals surface area contributed by atoms with E-state index in [4.69, 9.17) is 4.74 Å². The van der Waals surface area contributed by atoms with Crippen LogP contribution >= 0.6 is 0 Å². The number of nitro groups is 2. The Labute approximate surface area is 205 Å². The summed E-state index contributed by atoms with van der Waals surface area (Å²) in [7, 11) is 0. The molecule has 36 heavy (non-hydrogen) atoms. The number of benzene rings is 4. The molecule has 0 aromatic heterocycles. The van der Waals surface area contributed by atoms with Gasteiger partial charge in [-0.3, -0.25) is 25.0 Å². The molecule has 4 rings (SSSR count). The molecule has 10 nitrogen and oxygen atoms in total. The fourth-order valence-electron chi connectivity index (χ4n) is 3.63. The van der Waals surface area contributed by atoms with Crippen LogP contribution in [0.25, 0.3) is 10.8 Å². The monoisotopic (exact) mass is 484 g/mol. The van der Waals surface area contributed by atoms with Crippen LogP contribution in [0, 0.1) is 20.2 Å². The Morgan fingerprint density at radius 3 is 2.36 bits per heavy atom. The van der Waals surface area contributed by atoms with Crippen molar-refractivity contribution in [3.05, 3.63) is 122 Å². The summed E-state index contributed by atoms with van der Waals surface area (Å²) in [6.45, 7) is 0.168. The van der Waals surface area contributed by atoms with Gasteiger partial charge in [-0.25, -0.2) is 5.43 Å². The van der Waals surface area contributed by atoms with Crippen LogP contribution in [0.5, 0.6) is 5.75 Å². The molecular weight excluding hydrogens is 464 g/mol. The number of rotatable bonds is 9. The average Bonchev–Trinajstić information content (AvgIpc) is 2.88. The molecule has 0 aliphatic rings. The molecule has 0 atom stereocenters. The third-order valence-corrected chi connectivity index (χ3v) is 5.39. The Morgan fingerprint density at radius 1 is 0.889 bits per heavy atom. The second-order valence-corrected chi connectivity index (χ2v) is 7.77. The summed E-state index contributed by atoms with van der Waals surface area (Å²) < 4.78 is 5.98. The van der Waals surface area contributed by atoms with Crippen molar-refractivity contribution < 1.29 is 19.4 Å². The quantitative estimate of drug-likeness (QED) is 0.203. The molecule has 1 N–H and O–H groups in total. The van der Waals surface area contributed by atoms with Crippen molar-refractivity contribution >= 4 is 34.3 Å². The first-order chi connectivity index (χ1) is 17.4. The standard InChI is InChI=1S/C26H20N4O6/c31-26(15-20-6-2-4-8-24(20)30(34)35)28-27-16-23-22-7-3-1-5-19(22)11-14-25(23)36-17-18-9-12-21(13-10-18)29(32)33/h1-14,16H,15,17H2,(H,28,31)/b27-16+. The summed E-state index contributed by atoms with van der Waals surface area (Å²) in [6.07, 6.45) is 1.26. The van der Waals surface area contributed by atoms with E-state index in [0.717, 1.165) is 16.3 Å². The molecule has 0 fully saturated rings.